The Kier molecular flexibility index (Phi) is 5.14. The number of ketones is 1. The summed E-state index contributed by atoms with van der Waals surface area (Å²) in [5.74, 6) is 0.332. The van der Waals surface area contributed by atoms with Crippen molar-refractivity contribution in [3.05, 3.63) is 29.3 Å². The number of nitrogens with zero attached hydrogens (tertiary/aromatic N) is 2. The molecule has 1 aromatic rings. The minimum atomic E-state index is -0.536. The van der Waals surface area contributed by atoms with Gasteiger partial charge in [-0.25, -0.2) is 4.79 Å². The van der Waals surface area contributed by atoms with E-state index < -0.39 is 5.60 Å². The summed E-state index contributed by atoms with van der Waals surface area (Å²) in [4.78, 5) is 27.5. The molecule has 2 atom stereocenters. The molecule has 144 valence electrons. The average molecular weight is 370 g/mol. The molecule has 0 spiro atoms. The van der Waals surface area contributed by atoms with Gasteiger partial charge in [0.05, 0.1) is 18.7 Å². The summed E-state index contributed by atoms with van der Waals surface area (Å²) in [6.07, 6.45) is 2.70. The van der Waals surface area contributed by atoms with Gasteiger partial charge in [0.1, 0.15) is 11.4 Å². The molecule has 6 nitrogen and oxygen atoms in total. The number of hydrogen-bond acceptors (Lipinski definition) is 5. The van der Waals surface area contributed by atoms with Crippen LogP contribution in [-0.4, -0.2) is 41.6 Å². The molecule has 0 saturated carbocycles. The van der Waals surface area contributed by atoms with E-state index in [1.54, 1.807) is 18.2 Å². The van der Waals surface area contributed by atoms with Crippen LogP contribution in [0.4, 0.5) is 4.79 Å². The van der Waals surface area contributed by atoms with E-state index in [9.17, 15) is 14.9 Å². The van der Waals surface area contributed by atoms with Gasteiger partial charge in [0.25, 0.3) is 0 Å². The zero-order valence-electron chi connectivity index (χ0n) is 16.3. The second kappa shape index (κ2) is 7.22. The number of rotatable bonds is 3. The molecule has 2 fully saturated rings. The van der Waals surface area contributed by atoms with Gasteiger partial charge in [-0.05, 0) is 64.7 Å². The SMILES string of the molecule is COc1ccc(C#N)c(C(=O)C2CC3CCC(C2)N3C(=O)OC(C)(C)C)c1. The van der Waals surface area contributed by atoms with Crippen molar-refractivity contribution in [1.29, 1.82) is 5.26 Å². The summed E-state index contributed by atoms with van der Waals surface area (Å²) < 4.78 is 10.8. The number of methoxy groups -OCH3 is 1. The predicted octanol–water partition coefficient (Wildman–Crippen LogP) is 3.93. The first-order chi connectivity index (χ1) is 12.7. The number of hydrogen-bond donors (Lipinski definition) is 0. The van der Waals surface area contributed by atoms with Gasteiger partial charge in [-0.3, -0.25) is 4.79 Å². The molecular weight excluding hydrogens is 344 g/mol. The Morgan fingerprint density at radius 3 is 2.33 bits per heavy atom. The normalized spacial score (nSPS) is 24.3. The summed E-state index contributed by atoms with van der Waals surface area (Å²) in [6.45, 7) is 5.57. The van der Waals surface area contributed by atoms with Crippen LogP contribution in [0.25, 0.3) is 0 Å². The number of ether oxygens (including phenoxy) is 2. The van der Waals surface area contributed by atoms with Crippen LogP contribution < -0.4 is 4.74 Å². The fourth-order valence-electron chi connectivity index (χ4n) is 4.18. The average Bonchev–Trinajstić information content (AvgIpc) is 2.89. The Hall–Kier alpha value is -2.55. The van der Waals surface area contributed by atoms with E-state index in [-0.39, 0.29) is 29.9 Å². The van der Waals surface area contributed by atoms with Crippen molar-refractivity contribution >= 4 is 11.9 Å². The molecule has 2 unspecified atom stereocenters. The molecular formula is C21H26N2O4. The first kappa shape index (κ1) is 19.2. The zero-order valence-corrected chi connectivity index (χ0v) is 16.3. The minimum absolute atomic E-state index is 0.0173. The molecule has 0 N–H and O–H groups in total. The summed E-state index contributed by atoms with van der Waals surface area (Å²) in [7, 11) is 1.54. The third-order valence-electron chi connectivity index (χ3n) is 5.32. The Morgan fingerprint density at radius 1 is 1.19 bits per heavy atom. The van der Waals surface area contributed by atoms with E-state index in [0.29, 0.717) is 29.7 Å². The van der Waals surface area contributed by atoms with E-state index in [2.05, 4.69) is 6.07 Å². The van der Waals surface area contributed by atoms with Gasteiger partial charge in [-0.15, -0.1) is 0 Å². The quantitative estimate of drug-likeness (QED) is 0.753. The van der Waals surface area contributed by atoms with Crippen molar-refractivity contribution in [3.63, 3.8) is 0 Å². The van der Waals surface area contributed by atoms with E-state index in [4.69, 9.17) is 9.47 Å². The number of fused-ring (bicyclic) bond motifs is 2. The molecule has 1 amide bonds. The van der Waals surface area contributed by atoms with Gasteiger partial charge in [0, 0.05) is 23.6 Å². The number of nitriles is 1. The van der Waals surface area contributed by atoms with Gasteiger partial charge in [0.2, 0.25) is 0 Å². The summed E-state index contributed by atoms with van der Waals surface area (Å²) in [5, 5.41) is 9.36. The van der Waals surface area contributed by atoms with Crippen molar-refractivity contribution < 1.29 is 19.1 Å². The number of carbonyl (C=O) groups excluding carboxylic acids is 2. The van der Waals surface area contributed by atoms with Gasteiger partial charge in [0.15, 0.2) is 5.78 Å². The summed E-state index contributed by atoms with van der Waals surface area (Å²) >= 11 is 0. The number of benzene rings is 1. The highest BCUT2D eigenvalue weighted by Gasteiger charge is 2.46. The Morgan fingerprint density at radius 2 is 1.81 bits per heavy atom. The monoisotopic (exact) mass is 370 g/mol. The van der Waals surface area contributed by atoms with Crippen molar-refractivity contribution in [1.82, 2.24) is 4.90 Å². The van der Waals surface area contributed by atoms with Crippen LogP contribution in [-0.2, 0) is 4.74 Å². The number of amides is 1. The Bertz CT molecular complexity index is 776. The zero-order chi connectivity index (χ0) is 19.8. The smallest absolute Gasteiger partial charge is 0.410 e. The highest BCUT2D eigenvalue weighted by molar-refractivity contribution is 6.00. The van der Waals surface area contributed by atoms with Crippen LogP contribution in [0, 0.1) is 17.2 Å². The lowest BCUT2D eigenvalue weighted by atomic mass is 9.83. The van der Waals surface area contributed by atoms with Crippen LogP contribution in [0.3, 0.4) is 0 Å². The molecule has 3 rings (SSSR count). The molecule has 6 heteroatoms. The van der Waals surface area contributed by atoms with Crippen LogP contribution in [0.1, 0.15) is 62.4 Å². The highest BCUT2D eigenvalue weighted by atomic mass is 16.6. The van der Waals surface area contributed by atoms with Crippen LogP contribution in [0.5, 0.6) is 5.75 Å². The van der Waals surface area contributed by atoms with E-state index >= 15 is 0 Å². The molecule has 1 aromatic carbocycles. The van der Waals surface area contributed by atoms with Crippen molar-refractivity contribution in [2.75, 3.05) is 7.11 Å². The number of piperidine rings is 1. The Labute approximate surface area is 160 Å². The molecule has 2 aliphatic heterocycles. The number of Topliss-reactive ketones (excluding diaryl/α,β-unsaturated/α-hetero) is 1. The maximum absolute atomic E-state index is 13.1. The van der Waals surface area contributed by atoms with Gasteiger partial charge >= 0.3 is 6.09 Å². The summed E-state index contributed by atoms with van der Waals surface area (Å²) in [5.41, 5.74) is 0.237. The fraction of sp³-hybridized carbons (Fsp3) is 0.571. The van der Waals surface area contributed by atoms with Crippen LogP contribution in [0.2, 0.25) is 0 Å². The highest BCUT2D eigenvalue weighted by Crippen LogP contribution is 2.41. The lowest BCUT2D eigenvalue weighted by Gasteiger charge is -2.39. The van der Waals surface area contributed by atoms with Crippen LogP contribution >= 0.6 is 0 Å². The lowest BCUT2D eigenvalue weighted by molar-refractivity contribution is 0.00254. The molecule has 2 bridgehead atoms. The van der Waals surface area contributed by atoms with Gasteiger partial charge in [-0.2, -0.15) is 5.26 Å². The molecule has 0 aromatic heterocycles. The van der Waals surface area contributed by atoms with Gasteiger partial charge in [-0.1, -0.05) is 0 Å². The maximum Gasteiger partial charge on any atom is 0.410 e. The van der Waals surface area contributed by atoms with Crippen molar-refractivity contribution in [2.24, 2.45) is 5.92 Å². The molecule has 2 aliphatic rings. The molecule has 2 saturated heterocycles. The molecule has 0 aliphatic carbocycles. The summed E-state index contributed by atoms with van der Waals surface area (Å²) in [6, 6.07) is 7.08. The first-order valence-corrected chi connectivity index (χ1v) is 9.37. The maximum atomic E-state index is 13.1. The van der Waals surface area contributed by atoms with E-state index in [1.165, 1.54) is 7.11 Å². The third kappa shape index (κ3) is 3.92. The van der Waals surface area contributed by atoms with Crippen LogP contribution in [0.15, 0.2) is 18.2 Å². The van der Waals surface area contributed by atoms with E-state index in [0.717, 1.165) is 12.8 Å². The van der Waals surface area contributed by atoms with Gasteiger partial charge < -0.3 is 14.4 Å². The second-order valence-electron chi connectivity index (χ2n) is 8.33. The molecule has 0 radical (unpaired) electrons. The van der Waals surface area contributed by atoms with Crippen molar-refractivity contribution in [2.45, 2.75) is 64.1 Å². The van der Waals surface area contributed by atoms with Crippen molar-refractivity contribution in [3.8, 4) is 11.8 Å². The topological polar surface area (TPSA) is 79.6 Å². The lowest BCUT2D eigenvalue weighted by Crippen LogP contribution is -2.49. The van der Waals surface area contributed by atoms with E-state index in [1.807, 2.05) is 25.7 Å². The Balaban J connectivity index is 1.78. The largest absolute Gasteiger partial charge is 0.497 e. The fourth-order valence-corrected chi connectivity index (χ4v) is 4.18. The first-order valence-electron chi connectivity index (χ1n) is 9.37. The number of carbonyl (C=O) groups is 2. The minimum Gasteiger partial charge on any atom is -0.497 e. The molecule has 2 heterocycles. The predicted molar refractivity (Wildman–Crippen MR) is 99.6 cm³/mol. The standard InChI is InChI=1S/C21H26N2O4/c1-21(2,3)27-20(25)23-15-6-7-16(23)10-14(9-15)19(24)18-11-17(26-4)8-5-13(18)12-22/h5,8,11,14-16H,6-7,9-10H2,1-4H3. The molecule has 27 heavy (non-hydrogen) atoms. The second-order valence-corrected chi connectivity index (χ2v) is 8.33. The third-order valence-corrected chi connectivity index (χ3v) is 5.32.